The Morgan fingerprint density at radius 3 is 2.53 bits per heavy atom. The summed E-state index contributed by atoms with van der Waals surface area (Å²) in [6.45, 7) is 4.67. The van der Waals surface area contributed by atoms with E-state index in [0.717, 1.165) is 5.75 Å². The van der Waals surface area contributed by atoms with Gasteiger partial charge in [-0.2, -0.15) is 0 Å². The fourth-order valence-electron chi connectivity index (χ4n) is 1.27. The van der Waals surface area contributed by atoms with E-state index in [-0.39, 0.29) is 24.9 Å². The summed E-state index contributed by atoms with van der Waals surface area (Å²) >= 11 is 1.50. The van der Waals surface area contributed by atoms with Crippen molar-refractivity contribution >= 4 is 23.6 Å². The van der Waals surface area contributed by atoms with Crippen molar-refractivity contribution in [2.24, 2.45) is 0 Å². The van der Waals surface area contributed by atoms with Crippen LogP contribution in [0.1, 0.15) is 20.3 Å². The van der Waals surface area contributed by atoms with Crippen LogP contribution in [0.4, 0.5) is 0 Å². The number of nitrogens with zero attached hydrogens (tertiary/aromatic N) is 1. The number of aliphatic carboxylic acids is 1. The average Bonchev–Trinajstić information content (AvgIpc) is 2.23. The highest BCUT2D eigenvalue weighted by Gasteiger charge is 2.17. The Morgan fingerprint density at radius 2 is 2.06 bits per heavy atom. The average molecular weight is 263 g/mol. The first-order valence-electron chi connectivity index (χ1n) is 5.57. The van der Waals surface area contributed by atoms with E-state index in [1.807, 2.05) is 13.8 Å². The van der Waals surface area contributed by atoms with Gasteiger partial charge in [-0.05, 0) is 13.8 Å². The third-order valence-electron chi connectivity index (χ3n) is 2.17. The molecular formula is C11H21NO4S. The molecule has 1 N–H and O–H groups in total. The molecule has 100 valence electrons. The molecule has 6 heteroatoms. The Bertz CT molecular complexity index is 246. The molecule has 0 atom stereocenters. The predicted octanol–water partition coefficient (Wildman–Crippen LogP) is 1.08. The maximum absolute atomic E-state index is 11.8. The monoisotopic (exact) mass is 263 g/mol. The van der Waals surface area contributed by atoms with Crippen LogP contribution in [-0.4, -0.2) is 59.7 Å². The van der Waals surface area contributed by atoms with Gasteiger partial charge in [-0.3, -0.25) is 9.59 Å². The second kappa shape index (κ2) is 9.30. The van der Waals surface area contributed by atoms with Gasteiger partial charge in [0.1, 0.15) is 0 Å². The molecule has 0 aliphatic carbocycles. The quantitative estimate of drug-likeness (QED) is 0.630. The first-order valence-corrected chi connectivity index (χ1v) is 6.72. The first kappa shape index (κ1) is 16.2. The molecule has 0 saturated carbocycles. The molecule has 0 aliphatic heterocycles. The van der Waals surface area contributed by atoms with Gasteiger partial charge in [0.15, 0.2) is 0 Å². The molecule has 5 nitrogen and oxygen atoms in total. The summed E-state index contributed by atoms with van der Waals surface area (Å²) in [7, 11) is 1.62. The zero-order valence-corrected chi connectivity index (χ0v) is 11.5. The number of hydrogen-bond acceptors (Lipinski definition) is 4. The first-order chi connectivity index (χ1) is 7.99. The number of carboxylic acid groups (broad SMARTS) is 1. The van der Waals surface area contributed by atoms with E-state index in [0.29, 0.717) is 12.4 Å². The molecule has 0 radical (unpaired) electrons. The van der Waals surface area contributed by atoms with Gasteiger partial charge in [0.05, 0.1) is 18.8 Å². The summed E-state index contributed by atoms with van der Waals surface area (Å²) in [6.07, 6.45) is -0.00728. The van der Waals surface area contributed by atoms with E-state index in [4.69, 9.17) is 9.84 Å². The van der Waals surface area contributed by atoms with Crippen LogP contribution in [0.2, 0.25) is 0 Å². The zero-order chi connectivity index (χ0) is 13.3. The highest BCUT2D eigenvalue weighted by Crippen LogP contribution is 2.07. The van der Waals surface area contributed by atoms with E-state index >= 15 is 0 Å². The lowest BCUT2D eigenvalue weighted by atomic mass is 10.3. The minimum atomic E-state index is -0.879. The van der Waals surface area contributed by atoms with Gasteiger partial charge in [-0.25, -0.2) is 0 Å². The van der Waals surface area contributed by atoms with Gasteiger partial charge >= 0.3 is 5.97 Å². The molecule has 0 aromatic heterocycles. The van der Waals surface area contributed by atoms with Crippen LogP contribution in [-0.2, 0) is 14.3 Å². The predicted molar refractivity (Wildman–Crippen MR) is 68.3 cm³/mol. The summed E-state index contributed by atoms with van der Waals surface area (Å²) in [5.74, 6) is 0.256. The van der Waals surface area contributed by atoms with E-state index in [9.17, 15) is 9.59 Å². The van der Waals surface area contributed by atoms with E-state index in [1.165, 1.54) is 11.8 Å². The number of hydrogen-bond donors (Lipinski definition) is 1. The lowest BCUT2D eigenvalue weighted by Crippen LogP contribution is -2.39. The minimum Gasteiger partial charge on any atom is -0.481 e. The summed E-state index contributed by atoms with van der Waals surface area (Å²) in [4.78, 5) is 23.9. The molecule has 0 rings (SSSR count). The van der Waals surface area contributed by atoms with Gasteiger partial charge in [0.2, 0.25) is 5.91 Å². The topological polar surface area (TPSA) is 66.8 Å². The van der Waals surface area contributed by atoms with Crippen molar-refractivity contribution in [2.45, 2.75) is 26.3 Å². The number of carboxylic acids is 1. The van der Waals surface area contributed by atoms with Crippen molar-refractivity contribution in [3.8, 4) is 0 Å². The molecule has 0 unspecified atom stereocenters. The fraction of sp³-hybridized carbons (Fsp3) is 0.818. The van der Waals surface area contributed by atoms with Crippen LogP contribution in [0.5, 0.6) is 0 Å². The highest BCUT2D eigenvalue weighted by atomic mass is 32.2. The van der Waals surface area contributed by atoms with Crippen molar-refractivity contribution in [1.82, 2.24) is 4.90 Å². The molecule has 0 heterocycles. The van der Waals surface area contributed by atoms with Crippen LogP contribution in [0.25, 0.3) is 0 Å². The smallest absolute Gasteiger partial charge is 0.305 e. The van der Waals surface area contributed by atoms with Crippen LogP contribution in [0.15, 0.2) is 0 Å². The lowest BCUT2D eigenvalue weighted by molar-refractivity contribution is -0.138. The van der Waals surface area contributed by atoms with E-state index in [2.05, 4.69) is 0 Å². The number of methoxy groups -OCH3 is 1. The summed E-state index contributed by atoms with van der Waals surface area (Å²) < 4.78 is 4.89. The maximum atomic E-state index is 11.8. The number of ether oxygens (including phenoxy) is 1. The lowest BCUT2D eigenvalue weighted by Gasteiger charge is -2.26. The second-order valence-corrected chi connectivity index (χ2v) is 4.98. The van der Waals surface area contributed by atoms with Crippen molar-refractivity contribution in [1.29, 1.82) is 0 Å². The minimum absolute atomic E-state index is 0.00728. The van der Waals surface area contributed by atoms with Crippen LogP contribution in [0.3, 0.4) is 0 Å². The Morgan fingerprint density at radius 1 is 1.41 bits per heavy atom. The molecule has 0 bridgehead atoms. The van der Waals surface area contributed by atoms with Crippen molar-refractivity contribution in [2.75, 3.05) is 31.8 Å². The Kier molecular flexibility index (Phi) is 8.89. The molecule has 0 saturated heterocycles. The van der Waals surface area contributed by atoms with Gasteiger partial charge in [0.25, 0.3) is 0 Å². The summed E-state index contributed by atoms with van der Waals surface area (Å²) in [5, 5.41) is 8.61. The van der Waals surface area contributed by atoms with E-state index in [1.54, 1.807) is 12.0 Å². The molecule has 0 spiro atoms. The van der Waals surface area contributed by atoms with Crippen molar-refractivity contribution < 1.29 is 19.4 Å². The third kappa shape index (κ3) is 8.04. The third-order valence-corrected chi connectivity index (χ3v) is 3.07. The Balaban J connectivity index is 4.02. The van der Waals surface area contributed by atoms with Gasteiger partial charge in [-0.15, -0.1) is 11.8 Å². The Hall–Kier alpha value is -0.750. The molecular weight excluding hydrogens is 242 g/mol. The molecule has 0 fully saturated rings. The molecule has 1 amide bonds. The number of amides is 1. The largest absolute Gasteiger partial charge is 0.481 e. The fourth-order valence-corrected chi connectivity index (χ4v) is 2.04. The number of carbonyl (C=O) groups excluding carboxylic acids is 1. The van der Waals surface area contributed by atoms with Crippen LogP contribution in [0, 0.1) is 0 Å². The van der Waals surface area contributed by atoms with Crippen LogP contribution >= 0.6 is 11.8 Å². The molecule has 0 aromatic rings. The Labute approximate surface area is 107 Å². The zero-order valence-electron chi connectivity index (χ0n) is 10.6. The maximum Gasteiger partial charge on any atom is 0.305 e. The van der Waals surface area contributed by atoms with Crippen molar-refractivity contribution in [3.63, 3.8) is 0 Å². The van der Waals surface area contributed by atoms with Gasteiger partial charge < -0.3 is 14.7 Å². The highest BCUT2D eigenvalue weighted by molar-refractivity contribution is 7.99. The molecule has 0 aromatic carbocycles. The van der Waals surface area contributed by atoms with E-state index < -0.39 is 5.97 Å². The second-order valence-electron chi connectivity index (χ2n) is 3.87. The summed E-state index contributed by atoms with van der Waals surface area (Å²) in [5.41, 5.74) is 0. The SMILES string of the molecule is COCCSCC(=O)N(CCC(=O)O)C(C)C. The number of carbonyl (C=O) groups is 2. The van der Waals surface area contributed by atoms with Crippen LogP contribution < -0.4 is 0 Å². The van der Waals surface area contributed by atoms with Gasteiger partial charge in [-0.1, -0.05) is 0 Å². The molecule has 0 aliphatic rings. The normalized spacial score (nSPS) is 10.6. The standard InChI is InChI=1S/C11H21NO4S/c1-9(2)12(5-4-11(14)15)10(13)8-17-7-6-16-3/h9H,4-8H2,1-3H3,(H,14,15). The van der Waals surface area contributed by atoms with Crippen molar-refractivity contribution in [3.05, 3.63) is 0 Å². The van der Waals surface area contributed by atoms with Gasteiger partial charge in [0, 0.05) is 25.4 Å². The number of thioether (sulfide) groups is 1. The molecule has 17 heavy (non-hydrogen) atoms. The summed E-state index contributed by atoms with van der Waals surface area (Å²) in [6, 6.07) is 0.0323. The number of rotatable bonds is 9.